The molecule has 4 amide bonds. The Balaban J connectivity index is 1.01. The van der Waals surface area contributed by atoms with Crippen LogP contribution >= 0.6 is 0 Å². The lowest BCUT2D eigenvalue weighted by atomic mass is 9.94. The number of hydrogen-bond donors (Lipinski definition) is 0. The minimum absolute atomic E-state index is 0.0287. The van der Waals surface area contributed by atoms with Crippen LogP contribution in [0.3, 0.4) is 0 Å². The molecule has 0 aromatic heterocycles. The largest absolute Gasteiger partial charge is 0.305 e. The molecule has 2 aliphatic rings. The van der Waals surface area contributed by atoms with Crippen LogP contribution in [0.25, 0.3) is 21.5 Å². The van der Waals surface area contributed by atoms with Crippen LogP contribution in [0.4, 0.5) is 0 Å². The summed E-state index contributed by atoms with van der Waals surface area (Å²) in [7, 11) is 3.99. The minimum Gasteiger partial charge on any atom is -0.305 e. The minimum atomic E-state index is -0.245. The zero-order chi connectivity index (χ0) is 29.5. The van der Waals surface area contributed by atoms with E-state index in [-0.39, 0.29) is 29.7 Å². The topological polar surface area (TPSA) is 81.2 Å². The fourth-order valence-corrected chi connectivity index (χ4v) is 6.13. The van der Waals surface area contributed by atoms with E-state index in [0.717, 1.165) is 41.1 Å². The van der Waals surface area contributed by atoms with E-state index < -0.39 is 0 Å². The number of nitrogens with zero attached hydrogens (tertiary/aromatic N) is 4. The second-order valence-electron chi connectivity index (χ2n) is 11.4. The van der Waals surface area contributed by atoms with Crippen LogP contribution in [0.15, 0.2) is 72.8 Å². The van der Waals surface area contributed by atoms with Gasteiger partial charge in [-0.3, -0.25) is 29.0 Å². The van der Waals surface area contributed by atoms with Crippen molar-refractivity contribution in [3.8, 4) is 0 Å². The molecule has 0 spiro atoms. The summed E-state index contributed by atoms with van der Waals surface area (Å²) in [5.74, 6) is -0.978. The Labute approximate surface area is 245 Å². The Morgan fingerprint density at radius 3 is 1.48 bits per heavy atom. The maximum absolute atomic E-state index is 13.3. The fraction of sp³-hybridized carbons (Fsp3) is 0.294. The lowest BCUT2D eigenvalue weighted by Gasteiger charge is -2.33. The van der Waals surface area contributed by atoms with Crippen molar-refractivity contribution in [2.75, 3.05) is 46.8 Å². The normalized spacial score (nSPS) is 15.5. The smallest absolute Gasteiger partial charge is 0.261 e. The van der Waals surface area contributed by atoms with Gasteiger partial charge in [0.15, 0.2) is 0 Å². The molecule has 2 aliphatic heterocycles. The first kappa shape index (κ1) is 27.8. The lowest BCUT2D eigenvalue weighted by molar-refractivity contribution is 0.0562. The second-order valence-corrected chi connectivity index (χ2v) is 11.4. The molecule has 4 aromatic carbocycles. The molecule has 0 fully saturated rings. The molecule has 1 unspecified atom stereocenters. The molecule has 8 nitrogen and oxygen atoms in total. The summed E-state index contributed by atoms with van der Waals surface area (Å²) in [4.78, 5) is 59.9. The summed E-state index contributed by atoms with van der Waals surface area (Å²) < 4.78 is 0. The van der Waals surface area contributed by atoms with Gasteiger partial charge >= 0.3 is 0 Å². The highest BCUT2D eigenvalue weighted by Gasteiger charge is 2.34. The molecule has 0 aliphatic carbocycles. The lowest BCUT2D eigenvalue weighted by Crippen LogP contribution is -2.48. The van der Waals surface area contributed by atoms with E-state index in [1.54, 1.807) is 24.3 Å². The third-order valence-electron chi connectivity index (χ3n) is 8.67. The highest BCUT2D eigenvalue weighted by atomic mass is 16.2. The van der Waals surface area contributed by atoms with Crippen LogP contribution in [0.2, 0.25) is 0 Å². The Bertz CT molecular complexity index is 1650. The van der Waals surface area contributed by atoms with Gasteiger partial charge in [0.2, 0.25) is 0 Å². The molecule has 214 valence electrons. The highest BCUT2D eigenvalue weighted by Crippen LogP contribution is 2.31. The second kappa shape index (κ2) is 11.1. The first-order valence-electron chi connectivity index (χ1n) is 14.4. The fourth-order valence-electron chi connectivity index (χ4n) is 6.13. The van der Waals surface area contributed by atoms with Gasteiger partial charge in [-0.1, -0.05) is 48.5 Å². The van der Waals surface area contributed by atoms with Crippen molar-refractivity contribution < 1.29 is 19.2 Å². The summed E-state index contributed by atoms with van der Waals surface area (Å²) in [5.41, 5.74) is 2.30. The van der Waals surface area contributed by atoms with Gasteiger partial charge in [0.1, 0.15) is 0 Å². The van der Waals surface area contributed by atoms with E-state index in [4.69, 9.17) is 0 Å². The van der Waals surface area contributed by atoms with Crippen LogP contribution in [0.5, 0.6) is 0 Å². The number of rotatable bonds is 10. The van der Waals surface area contributed by atoms with Crippen LogP contribution in [-0.4, -0.2) is 96.1 Å². The summed E-state index contributed by atoms with van der Waals surface area (Å²) >= 11 is 0. The maximum Gasteiger partial charge on any atom is 0.261 e. The van der Waals surface area contributed by atoms with Crippen molar-refractivity contribution in [2.24, 2.45) is 0 Å². The molecular formula is C34H34N4O4. The van der Waals surface area contributed by atoms with Crippen LogP contribution in [0, 0.1) is 0 Å². The van der Waals surface area contributed by atoms with E-state index in [2.05, 4.69) is 9.80 Å². The third kappa shape index (κ3) is 4.76. The number of likely N-dealkylation sites (N-methyl/N-ethyl adjacent to an activating group) is 2. The zero-order valence-corrected chi connectivity index (χ0v) is 24.2. The predicted octanol–water partition coefficient (Wildman–Crippen LogP) is 4.53. The SMILES string of the molecule is CC(CN1C(=O)c2cccc3cccc(c23)C1=O)N(C)CCCN(C)CCN1C(=O)c2cccc3cccc(c23)C1=O. The van der Waals surface area contributed by atoms with Gasteiger partial charge in [-0.25, -0.2) is 0 Å². The van der Waals surface area contributed by atoms with Gasteiger partial charge in [-0.05, 0) is 75.6 Å². The van der Waals surface area contributed by atoms with E-state index in [1.807, 2.05) is 69.6 Å². The first-order valence-corrected chi connectivity index (χ1v) is 14.4. The number of carbonyl (C=O) groups is 4. The van der Waals surface area contributed by atoms with Crippen molar-refractivity contribution >= 4 is 45.2 Å². The Kier molecular flexibility index (Phi) is 7.35. The van der Waals surface area contributed by atoms with Crippen LogP contribution in [-0.2, 0) is 0 Å². The summed E-state index contributed by atoms with van der Waals surface area (Å²) in [5, 5.41) is 3.28. The standard InChI is InChI=1S/C34H34N4O4/c1-22(21-38-33(41)27-15-6-11-24-12-7-16-28(30(24)27)34(38)42)36(3)18-8-17-35(2)19-20-37-31(39)25-13-4-9-23-10-5-14-26(29(23)25)32(37)40/h4-7,9-16,22H,8,17-21H2,1-3H3. The Hall–Kier alpha value is -4.40. The van der Waals surface area contributed by atoms with Gasteiger partial charge in [-0.15, -0.1) is 0 Å². The van der Waals surface area contributed by atoms with E-state index in [0.29, 0.717) is 41.9 Å². The molecule has 8 heteroatoms. The molecule has 1 atom stereocenters. The van der Waals surface area contributed by atoms with Crippen molar-refractivity contribution in [2.45, 2.75) is 19.4 Å². The molecule has 0 bridgehead atoms. The zero-order valence-electron chi connectivity index (χ0n) is 24.2. The van der Waals surface area contributed by atoms with Crippen molar-refractivity contribution in [1.29, 1.82) is 0 Å². The number of imide groups is 2. The van der Waals surface area contributed by atoms with Gasteiger partial charge in [0.05, 0.1) is 0 Å². The first-order chi connectivity index (χ1) is 20.3. The van der Waals surface area contributed by atoms with Gasteiger partial charge in [0.25, 0.3) is 23.6 Å². The molecule has 0 saturated heterocycles. The molecule has 0 saturated carbocycles. The monoisotopic (exact) mass is 562 g/mol. The average molecular weight is 563 g/mol. The van der Waals surface area contributed by atoms with Gasteiger partial charge in [-0.2, -0.15) is 0 Å². The molecule has 0 N–H and O–H groups in total. The van der Waals surface area contributed by atoms with Crippen molar-refractivity contribution in [1.82, 2.24) is 19.6 Å². The van der Waals surface area contributed by atoms with Crippen molar-refractivity contribution in [3.05, 3.63) is 95.1 Å². The van der Waals surface area contributed by atoms with E-state index >= 15 is 0 Å². The molecule has 42 heavy (non-hydrogen) atoms. The number of carbonyl (C=O) groups excluding carboxylic acids is 4. The quantitative estimate of drug-likeness (QED) is 0.264. The summed E-state index contributed by atoms with van der Waals surface area (Å²) in [6, 6.07) is 22.3. The van der Waals surface area contributed by atoms with E-state index in [9.17, 15) is 19.2 Å². The number of benzene rings is 4. The van der Waals surface area contributed by atoms with Gasteiger partial charge < -0.3 is 9.80 Å². The van der Waals surface area contributed by atoms with E-state index in [1.165, 1.54) is 9.80 Å². The molecule has 2 heterocycles. The molecular weight excluding hydrogens is 528 g/mol. The number of hydrogen-bond acceptors (Lipinski definition) is 6. The predicted molar refractivity (Wildman–Crippen MR) is 163 cm³/mol. The third-order valence-corrected chi connectivity index (χ3v) is 8.67. The summed E-state index contributed by atoms with van der Waals surface area (Å²) in [6.07, 6.45) is 0.853. The highest BCUT2D eigenvalue weighted by molar-refractivity contribution is 6.26. The molecule has 4 aromatic rings. The Morgan fingerprint density at radius 1 is 0.595 bits per heavy atom. The Morgan fingerprint density at radius 2 is 1.02 bits per heavy atom. The van der Waals surface area contributed by atoms with Crippen LogP contribution < -0.4 is 0 Å². The van der Waals surface area contributed by atoms with Crippen LogP contribution in [0.1, 0.15) is 54.8 Å². The van der Waals surface area contributed by atoms with Crippen molar-refractivity contribution in [3.63, 3.8) is 0 Å². The maximum atomic E-state index is 13.3. The number of amides is 4. The summed E-state index contributed by atoms with van der Waals surface area (Å²) in [6.45, 7) is 4.76. The molecule has 0 radical (unpaired) electrons. The van der Waals surface area contributed by atoms with Gasteiger partial charge in [0, 0.05) is 58.7 Å². The average Bonchev–Trinajstić information content (AvgIpc) is 3.00. The molecule has 6 rings (SSSR count).